The molecule has 0 unspecified atom stereocenters. The molecule has 26 heavy (non-hydrogen) atoms. The largest absolute Gasteiger partial charge is 0.495 e. The minimum absolute atomic E-state index is 0.0932. The first kappa shape index (κ1) is 18.3. The Balaban J connectivity index is 1.90. The zero-order chi connectivity index (χ0) is 18.7. The van der Waals surface area contributed by atoms with Gasteiger partial charge in [0.15, 0.2) is 0 Å². The van der Waals surface area contributed by atoms with Crippen LogP contribution < -0.4 is 15.4 Å². The van der Waals surface area contributed by atoms with Gasteiger partial charge in [-0.1, -0.05) is 30.2 Å². The van der Waals surface area contributed by atoms with Crippen LogP contribution >= 0.6 is 11.6 Å². The molecule has 3 rings (SSSR count). The van der Waals surface area contributed by atoms with Crippen LogP contribution in [0.5, 0.6) is 5.75 Å². The van der Waals surface area contributed by atoms with Crippen molar-refractivity contribution in [3.05, 3.63) is 53.1 Å². The van der Waals surface area contributed by atoms with Crippen molar-refractivity contribution in [2.24, 2.45) is 0 Å². The lowest BCUT2D eigenvalue weighted by Crippen LogP contribution is -2.46. The summed E-state index contributed by atoms with van der Waals surface area (Å²) in [5, 5.41) is 6.31. The summed E-state index contributed by atoms with van der Waals surface area (Å²) < 4.78 is 5.35. The maximum Gasteiger partial charge on any atom is 0.235 e. The first-order valence-corrected chi connectivity index (χ1v) is 8.85. The average Bonchev–Trinajstić information content (AvgIpc) is 2.53. The molecule has 6 heteroatoms. The topological polar surface area (TPSA) is 67.4 Å². The van der Waals surface area contributed by atoms with Crippen LogP contribution in [-0.4, -0.2) is 18.9 Å². The first-order chi connectivity index (χ1) is 12.4. The lowest BCUT2D eigenvalue weighted by molar-refractivity contribution is -0.124. The molecule has 0 atom stereocenters. The highest BCUT2D eigenvalue weighted by atomic mass is 35.5. The maximum atomic E-state index is 13.1. The highest BCUT2D eigenvalue weighted by molar-refractivity contribution is 6.30. The van der Waals surface area contributed by atoms with Crippen LogP contribution in [0.1, 0.15) is 31.7 Å². The predicted octanol–water partition coefficient (Wildman–Crippen LogP) is 4.37. The number of rotatable bonds is 5. The number of carbonyl (C=O) groups excluding carboxylic acids is 2. The third-order valence-electron chi connectivity index (χ3n) is 4.79. The molecule has 1 fully saturated rings. The molecule has 0 radical (unpaired) electrons. The number of hydrogen-bond acceptors (Lipinski definition) is 3. The van der Waals surface area contributed by atoms with E-state index >= 15 is 0 Å². The maximum absolute atomic E-state index is 13.1. The summed E-state index contributed by atoms with van der Waals surface area (Å²) in [7, 11) is 1.54. The minimum atomic E-state index is -0.583. The van der Waals surface area contributed by atoms with Gasteiger partial charge in [-0.3, -0.25) is 9.59 Å². The molecule has 0 saturated heterocycles. The lowest BCUT2D eigenvalue weighted by Gasteiger charge is -2.40. The predicted molar refractivity (Wildman–Crippen MR) is 103 cm³/mol. The smallest absolute Gasteiger partial charge is 0.235 e. The Morgan fingerprint density at radius 3 is 2.46 bits per heavy atom. The van der Waals surface area contributed by atoms with Crippen LogP contribution in [0.3, 0.4) is 0 Å². The highest BCUT2D eigenvalue weighted by Gasteiger charge is 2.45. The summed E-state index contributed by atoms with van der Waals surface area (Å²) in [6.45, 7) is 1.44. The van der Waals surface area contributed by atoms with Gasteiger partial charge in [-0.2, -0.15) is 0 Å². The van der Waals surface area contributed by atoms with Crippen molar-refractivity contribution < 1.29 is 14.3 Å². The van der Waals surface area contributed by atoms with Gasteiger partial charge >= 0.3 is 0 Å². The summed E-state index contributed by atoms with van der Waals surface area (Å²) in [6, 6.07) is 12.6. The van der Waals surface area contributed by atoms with E-state index in [1.54, 1.807) is 31.4 Å². The van der Waals surface area contributed by atoms with Gasteiger partial charge in [0.25, 0.3) is 0 Å². The number of ether oxygens (including phenoxy) is 1. The molecule has 2 aromatic carbocycles. The second-order valence-corrected chi connectivity index (χ2v) is 6.93. The molecule has 2 amide bonds. The van der Waals surface area contributed by atoms with E-state index in [2.05, 4.69) is 10.6 Å². The van der Waals surface area contributed by atoms with Gasteiger partial charge in [0.1, 0.15) is 5.75 Å². The molecule has 2 N–H and O–H groups in total. The van der Waals surface area contributed by atoms with Gasteiger partial charge in [0.2, 0.25) is 11.8 Å². The SMILES string of the molecule is COc1ccc(NC(C)=O)cc1NC(=O)C1(c2cccc(Cl)c2)CCC1. The van der Waals surface area contributed by atoms with Crippen molar-refractivity contribution in [2.45, 2.75) is 31.6 Å². The third kappa shape index (κ3) is 3.53. The van der Waals surface area contributed by atoms with E-state index in [0.29, 0.717) is 22.1 Å². The monoisotopic (exact) mass is 372 g/mol. The lowest BCUT2D eigenvalue weighted by atomic mass is 9.64. The molecule has 1 saturated carbocycles. The van der Waals surface area contributed by atoms with Gasteiger partial charge in [-0.25, -0.2) is 0 Å². The van der Waals surface area contributed by atoms with E-state index < -0.39 is 5.41 Å². The Kier molecular flexibility index (Phi) is 5.18. The Hall–Kier alpha value is -2.53. The van der Waals surface area contributed by atoms with E-state index in [0.717, 1.165) is 24.8 Å². The number of hydrogen-bond donors (Lipinski definition) is 2. The fourth-order valence-electron chi connectivity index (χ4n) is 3.29. The van der Waals surface area contributed by atoms with Crippen molar-refractivity contribution in [1.29, 1.82) is 0 Å². The Morgan fingerprint density at radius 1 is 1.12 bits per heavy atom. The number of amides is 2. The standard InChI is InChI=1S/C20H21ClN2O3/c1-13(24)22-16-7-8-18(26-2)17(12-16)23-19(25)20(9-4-10-20)14-5-3-6-15(21)11-14/h3,5-8,11-12H,4,9-10H2,1-2H3,(H,22,24)(H,23,25). The number of benzene rings is 2. The van der Waals surface area contributed by atoms with Gasteiger partial charge in [-0.15, -0.1) is 0 Å². The highest BCUT2D eigenvalue weighted by Crippen LogP contribution is 2.45. The van der Waals surface area contributed by atoms with Crippen LogP contribution in [-0.2, 0) is 15.0 Å². The van der Waals surface area contributed by atoms with Crippen LogP contribution in [0.4, 0.5) is 11.4 Å². The molecule has 0 aromatic heterocycles. The molecule has 0 spiro atoms. The van der Waals surface area contributed by atoms with Crippen LogP contribution in [0.15, 0.2) is 42.5 Å². The van der Waals surface area contributed by atoms with Crippen molar-refractivity contribution in [2.75, 3.05) is 17.7 Å². The molecule has 136 valence electrons. The summed E-state index contributed by atoms with van der Waals surface area (Å²) >= 11 is 6.12. The molecular formula is C20H21ClN2O3. The minimum Gasteiger partial charge on any atom is -0.495 e. The molecule has 0 heterocycles. The summed E-state index contributed by atoms with van der Waals surface area (Å²) in [5.74, 6) is 0.263. The van der Waals surface area contributed by atoms with E-state index in [-0.39, 0.29) is 11.8 Å². The van der Waals surface area contributed by atoms with Crippen LogP contribution in [0.2, 0.25) is 5.02 Å². The van der Waals surface area contributed by atoms with Crippen LogP contribution in [0.25, 0.3) is 0 Å². The molecule has 5 nitrogen and oxygen atoms in total. The van der Waals surface area contributed by atoms with Gasteiger partial charge < -0.3 is 15.4 Å². The quantitative estimate of drug-likeness (QED) is 0.819. The number of carbonyl (C=O) groups is 2. The second kappa shape index (κ2) is 7.38. The number of halogens is 1. The van der Waals surface area contributed by atoms with E-state index in [4.69, 9.17) is 16.3 Å². The Morgan fingerprint density at radius 2 is 1.88 bits per heavy atom. The molecule has 1 aliphatic carbocycles. The zero-order valence-corrected chi connectivity index (χ0v) is 15.5. The normalized spacial score (nSPS) is 14.9. The second-order valence-electron chi connectivity index (χ2n) is 6.50. The summed E-state index contributed by atoms with van der Waals surface area (Å²) in [6.07, 6.45) is 2.53. The number of nitrogens with one attached hydrogen (secondary N) is 2. The summed E-state index contributed by atoms with van der Waals surface area (Å²) in [4.78, 5) is 24.4. The zero-order valence-electron chi connectivity index (χ0n) is 14.8. The van der Waals surface area contributed by atoms with E-state index in [9.17, 15) is 9.59 Å². The molecule has 1 aliphatic rings. The fraction of sp³-hybridized carbons (Fsp3) is 0.300. The first-order valence-electron chi connectivity index (χ1n) is 8.48. The molecule has 2 aromatic rings. The Bertz CT molecular complexity index is 847. The molecular weight excluding hydrogens is 352 g/mol. The fourth-order valence-corrected chi connectivity index (χ4v) is 3.48. The van der Waals surface area contributed by atoms with E-state index in [1.807, 2.05) is 18.2 Å². The van der Waals surface area contributed by atoms with Gasteiger partial charge in [0, 0.05) is 17.6 Å². The van der Waals surface area contributed by atoms with Crippen LogP contribution in [0, 0.1) is 0 Å². The van der Waals surface area contributed by atoms with Crippen molar-refractivity contribution in [1.82, 2.24) is 0 Å². The van der Waals surface area contributed by atoms with Crippen molar-refractivity contribution in [3.63, 3.8) is 0 Å². The van der Waals surface area contributed by atoms with Crippen molar-refractivity contribution in [3.8, 4) is 5.75 Å². The third-order valence-corrected chi connectivity index (χ3v) is 5.02. The number of methoxy groups -OCH3 is 1. The van der Waals surface area contributed by atoms with E-state index in [1.165, 1.54) is 6.92 Å². The molecule has 0 bridgehead atoms. The average molecular weight is 373 g/mol. The van der Waals surface area contributed by atoms with Crippen molar-refractivity contribution >= 4 is 34.8 Å². The van der Waals surface area contributed by atoms with Gasteiger partial charge in [0.05, 0.1) is 18.2 Å². The van der Waals surface area contributed by atoms with Gasteiger partial charge in [-0.05, 0) is 48.7 Å². The summed E-state index contributed by atoms with van der Waals surface area (Å²) in [5.41, 5.74) is 1.46. The Labute approximate surface area is 157 Å². The number of anilines is 2. The molecule has 0 aliphatic heterocycles.